The van der Waals surface area contributed by atoms with Crippen LogP contribution in [-0.2, 0) is 6.54 Å². The van der Waals surface area contributed by atoms with Crippen molar-refractivity contribution in [3.8, 4) is 0 Å². The number of nitrogens with zero attached hydrogens (tertiary/aromatic N) is 1. The van der Waals surface area contributed by atoms with Crippen LogP contribution in [-0.4, -0.2) is 7.98 Å². The van der Waals surface area contributed by atoms with Crippen LogP contribution >= 0.6 is 0 Å². The second-order valence-corrected chi connectivity index (χ2v) is 3.45. The average molecular weight is 193 g/mol. The van der Waals surface area contributed by atoms with Crippen molar-refractivity contribution in [1.82, 2.24) is 0 Å². The predicted molar refractivity (Wildman–Crippen MR) is 64.8 cm³/mol. The molecule has 0 fully saturated rings. The van der Waals surface area contributed by atoms with Crippen LogP contribution in [0.15, 0.2) is 60.7 Å². The largest absolute Gasteiger partial charge is 0.421 e. The summed E-state index contributed by atoms with van der Waals surface area (Å²) in [5, 5.41) is 0. The Morgan fingerprint density at radius 1 is 0.800 bits per heavy atom. The third kappa shape index (κ3) is 2.63. The van der Waals surface area contributed by atoms with E-state index in [9.17, 15) is 0 Å². The van der Waals surface area contributed by atoms with Crippen molar-refractivity contribution in [3.05, 3.63) is 66.2 Å². The van der Waals surface area contributed by atoms with Crippen molar-refractivity contribution in [1.29, 1.82) is 0 Å². The number of hydrogen-bond donors (Lipinski definition) is 0. The maximum Gasteiger partial charge on any atom is 0.227 e. The Labute approximate surface area is 91.8 Å². The minimum absolute atomic E-state index is 0.727. The number of anilines is 1. The zero-order chi connectivity index (χ0) is 10.5. The van der Waals surface area contributed by atoms with Gasteiger partial charge in [-0.3, -0.25) is 0 Å². The highest BCUT2D eigenvalue weighted by Crippen LogP contribution is 2.13. The summed E-state index contributed by atoms with van der Waals surface area (Å²) in [6.45, 7) is 0.727. The lowest BCUT2D eigenvalue weighted by Gasteiger charge is -2.19. The molecule has 0 aliphatic heterocycles. The highest BCUT2D eigenvalue weighted by atomic mass is 15.0. The highest BCUT2D eigenvalue weighted by Gasteiger charge is 1.99. The Balaban J connectivity index is 2.08. The molecule has 0 saturated heterocycles. The molecule has 0 atom stereocenters. The van der Waals surface area contributed by atoms with Gasteiger partial charge >= 0.3 is 0 Å². The topological polar surface area (TPSA) is 3.24 Å². The van der Waals surface area contributed by atoms with Gasteiger partial charge in [0.05, 0.1) is 0 Å². The van der Waals surface area contributed by atoms with Crippen molar-refractivity contribution in [2.75, 3.05) is 4.81 Å². The number of para-hydroxylation sites is 1. The predicted octanol–water partition coefficient (Wildman–Crippen LogP) is 2.78. The summed E-state index contributed by atoms with van der Waals surface area (Å²) in [4.78, 5) is 1.75. The van der Waals surface area contributed by atoms with Crippen LogP contribution in [0.1, 0.15) is 5.56 Å². The second-order valence-electron chi connectivity index (χ2n) is 3.45. The van der Waals surface area contributed by atoms with E-state index in [0.29, 0.717) is 0 Å². The summed E-state index contributed by atoms with van der Waals surface area (Å²) in [7, 11) is 5.96. The fraction of sp³-hybridized carbons (Fsp3) is 0.0769. The fourth-order valence-electron chi connectivity index (χ4n) is 1.49. The van der Waals surface area contributed by atoms with Gasteiger partial charge in [0, 0.05) is 12.2 Å². The Hall–Kier alpha value is -1.70. The highest BCUT2D eigenvalue weighted by molar-refractivity contribution is 6.17. The Morgan fingerprint density at radius 2 is 1.33 bits per heavy atom. The van der Waals surface area contributed by atoms with Crippen LogP contribution in [0.2, 0.25) is 0 Å². The molecule has 0 N–H and O–H groups in total. The lowest BCUT2D eigenvalue weighted by Crippen LogP contribution is -2.17. The summed E-state index contributed by atoms with van der Waals surface area (Å²) in [6, 6.07) is 20.2. The van der Waals surface area contributed by atoms with E-state index in [1.54, 1.807) is 4.81 Å². The third-order valence-corrected chi connectivity index (χ3v) is 2.28. The molecule has 0 aliphatic carbocycles. The van der Waals surface area contributed by atoms with Gasteiger partial charge in [-0.2, -0.15) is 0 Å². The van der Waals surface area contributed by atoms with E-state index in [1.807, 2.05) is 48.5 Å². The van der Waals surface area contributed by atoms with E-state index in [-0.39, 0.29) is 0 Å². The van der Waals surface area contributed by atoms with Gasteiger partial charge in [-0.25, -0.2) is 0 Å². The van der Waals surface area contributed by atoms with Crippen LogP contribution in [0.4, 0.5) is 5.69 Å². The molecule has 1 nitrogen and oxygen atoms in total. The van der Waals surface area contributed by atoms with Gasteiger partial charge in [0.25, 0.3) is 0 Å². The zero-order valence-electron chi connectivity index (χ0n) is 8.51. The van der Waals surface area contributed by atoms with E-state index in [2.05, 4.69) is 12.1 Å². The minimum atomic E-state index is 0.727. The number of hydrogen-bond acceptors (Lipinski definition) is 1. The number of rotatable bonds is 3. The lowest BCUT2D eigenvalue weighted by atomic mass is 10.1. The zero-order valence-corrected chi connectivity index (χ0v) is 8.51. The summed E-state index contributed by atoms with van der Waals surface area (Å²) in [5.41, 5.74) is 2.24. The summed E-state index contributed by atoms with van der Waals surface area (Å²) in [5.74, 6) is 0. The molecule has 0 amide bonds. The normalized spacial score (nSPS) is 9.87. The average Bonchev–Trinajstić information content (AvgIpc) is 2.31. The molecule has 2 radical (unpaired) electrons. The molecule has 72 valence electrons. The van der Waals surface area contributed by atoms with Crippen molar-refractivity contribution >= 4 is 13.7 Å². The molecular formula is C13H12BN. The Kier molecular flexibility index (Phi) is 3.08. The van der Waals surface area contributed by atoms with Gasteiger partial charge in [0.15, 0.2) is 0 Å². The maximum atomic E-state index is 5.96. The molecule has 15 heavy (non-hydrogen) atoms. The first-order valence-corrected chi connectivity index (χ1v) is 4.97. The molecule has 2 aromatic rings. The van der Waals surface area contributed by atoms with Gasteiger partial charge < -0.3 is 4.81 Å². The van der Waals surface area contributed by atoms with E-state index in [4.69, 9.17) is 7.98 Å². The van der Waals surface area contributed by atoms with Gasteiger partial charge in [-0.15, -0.1) is 0 Å². The molecule has 0 bridgehead atoms. The van der Waals surface area contributed by atoms with E-state index in [1.165, 1.54) is 5.56 Å². The van der Waals surface area contributed by atoms with Crippen molar-refractivity contribution in [2.45, 2.75) is 6.54 Å². The molecule has 0 aromatic heterocycles. The van der Waals surface area contributed by atoms with Gasteiger partial charge in [0.1, 0.15) is 0 Å². The quantitative estimate of drug-likeness (QED) is 0.677. The Morgan fingerprint density at radius 3 is 1.93 bits per heavy atom. The third-order valence-electron chi connectivity index (χ3n) is 2.28. The Bertz CT molecular complexity index is 399. The van der Waals surface area contributed by atoms with Gasteiger partial charge in [0.2, 0.25) is 7.98 Å². The van der Waals surface area contributed by atoms with Gasteiger partial charge in [-0.05, 0) is 17.7 Å². The molecule has 0 unspecified atom stereocenters. The van der Waals surface area contributed by atoms with E-state index >= 15 is 0 Å². The summed E-state index contributed by atoms with van der Waals surface area (Å²) < 4.78 is 0. The van der Waals surface area contributed by atoms with Crippen molar-refractivity contribution in [2.24, 2.45) is 0 Å². The molecule has 0 spiro atoms. The molecule has 2 rings (SSSR count). The first-order valence-electron chi connectivity index (χ1n) is 4.97. The minimum Gasteiger partial charge on any atom is -0.421 e. The number of benzene rings is 2. The van der Waals surface area contributed by atoms with E-state index < -0.39 is 0 Å². The van der Waals surface area contributed by atoms with Crippen LogP contribution in [0.25, 0.3) is 0 Å². The van der Waals surface area contributed by atoms with Gasteiger partial charge in [-0.1, -0.05) is 48.5 Å². The lowest BCUT2D eigenvalue weighted by molar-refractivity contribution is 1.04. The van der Waals surface area contributed by atoms with Crippen molar-refractivity contribution < 1.29 is 0 Å². The molecule has 2 aromatic carbocycles. The monoisotopic (exact) mass is 193 g/mol. The SMILES string of the molecule is [B]N(Cc1ccccc1)c1ccccc1. The summed E-state index contributed by atoms with van der Waals surface area (Å²) >= 11 is 0. The molecule has 0 heterocycles. The van der Waals surface area contributed by atoms with Crippen LogP contribution < -0.4 is 4.81 Å². The van der Waals surface area contributed by atoms with Crippen LogP contribution in [0.5, 0.6) is 0 Å². The molecule has 0 saturated carbocycles. The summed E-state index contributed by atoms with van der Waals surface area (Å²) in [6.07, 6.45) is 0. The van der Waals surface area contributed by atoms with Crippen LogP contribution in [0.3, 0.4) is 0 Å². The molecule has 2 heteroatoms. The molecule has 0 aliphatic rings. The van der Waals surface area contributed by atoms with Crippen molar-refractivity contribution in [3.63, 3.8) is 0 Å². The van der Waals surface area contributed by atoms with Crippen LogP contribution in [0, 0.1) is 0 Å². The fourth-order valence-corrected chi connectivity index (χ4v) is 1.49. The first-order chi connectivity index (χ1) is 7.36. The molecular weight excluding hydrogens is 181 g/mol. The smallest absolute Gasteiger partial charge is 0.227 e. The standard InChI is InChI=1S/C13H12BN/c14-15(13-9-5-2-6-10-13)11-12-7-3-1-4-8-12/h1-10H,11H2. The van der Waals surface area contributed by atoms with E-state index in [0.717, 1.165) is 12.2 Å². The first kappa shape index (κ1) is 9.84. The second kappa shape index (κ2) is 4.69. The maximum absolute atomic E-state index is 5.96.